The molecule has 1 aromatic rings. The molecule has 0 aromatic carbocycles. The first-order valence-electron chi connectivity index (χ1n) is 4.07. The molecule has 1 rings (SSSR count). The Morgan fingerprint density at radius 2 is 2.33 bits per heavy atom. The van der Waals surface area contributed by atoms with E-state index in [0.29, 0.717) is 6.04 Å². The molecule has 12 heavy (non-hydrogen) atoms. The Morgan fingerprint density at radius 3 is 2.75 bits per heavy atom. The fourth-order valence-corrected chi connectivity index (χ4v) is 1.00. The average molecular weight is 165 g/mol. The second kappa shape index (κ2) is 3.43. The molecule has 0 radical (unpaired) electrons. The molecular formula is C9H15N3. The van der Waals surface area contributed by atoms with Crippen molar-refractivity contribution in [2.75, 3.05) is 0 Å². The van der Waals surface area contributed by atoms with Gasteiger partial charge >= 0.3 is 0 Å². The summed E-state index contributed by atoms with van der Waals surface area (Å²) in [5.41, 5.74) is 1.85. The van der Waals surface area contributed by atoms with Gasteiger partial charge in [-0.25, -0.2) is 4.98 Å². The lowest BCUT2D eigenvalue weighted by molar-refractivity contribution is 0.716. The molecule has 0 fully saturated rings. The van der Waals surface area contributed by atoms with Gasteiger partial charge in [-0.3, -0.25) is 0 Å². The lowest BCUT2D eigenvalue weighted by atomic mass is 10.3. The van der Waals surface area contributed by atoms with E-state index in [4.69, 9.17) is 0 Å². The summed E-state index contributed by atoms with van der Waals surface area (Å²) in [6, 6.07) is 0.404. The van der Waals surface area contributed by atoms with Gasteiger partial charge in [0.25, 0.3) is 0 Å². The molecule has 2 N–H and O–H groups in total. The van der Waals surface area contributed by atoms with Gasteiger partial charge in [0.05, 0.1) is 17.6 Å². The SMILES string of the molecule is C=C(NC(C)C)c1cnc(C)[nH]1. The quantitative estimate of drug-likeness (QED) is 0.715. The van der Waals surface area contributed by atoms with E-state index < -0.39 is 0 Å². The van der Waals surface area contributed by atoms with E-state index >= 15 is 0 Å². The summed E-state index contributed by atoms with van der Waals surface area (Å²) in [5.74, 6) is 0.914. The number of hydrogen-bond acceptors (Lipinski definition) is 2. The zero-order chi connectivity index (χ0) is 9.14. The molecule has 0 unspecified atom stereocenters. The van der Waals surface area contributed by atoms with Crippen LogP contribution in [0.1, 0.15) is 25.4 Å². The maximum atomic E-state index is 4.09. The lowest BCUT2D eigenvalue weighted by Crippen LogP contribution is -2.20. The molecule has 66 valence electrons. The van der Waals surface area contributed by atoms with E-state index in [1.165, 1.54) is 0 Å². The monoisotopic (exact) mass is 165 g/mol. The van der Waals surface area contributed by atoms with Crippen molar-refractivity contribution in [3.63, 3.8) is 0 Å². The Morgan fingerprint density at radius 1 is 1.67 bits per heavy atom. The molecule has 0 saturated heterocycles. The molecule has 3 nitrogen and oxygen atoms in total. The molecule has 0 saturated carbocycles. The van der Waals surface area contributed by atoms with Crippen molar-refractivity contribution in [2.45, 2.75) is 26.8 Å². The van der Waals surface area contributed by atoms with Crippen LogP contribution in [0.15, 0.2) is 12.8 Å². The average Bonchev–Trinajstić information content (AvgIpc) is 2.34. The Kier molecular flexibility index (Phi) is 2.53. The highest BCUT2D eigenvalue weighted by atomic mass is 15.0. The number of imidazole rings is 1. The number of aromatic nitrogens is 2. The summed E-state index contributed by atoms with van der Waals surface area (Å²) in [7, 11) is 0. The minimum Gasteiger partial charge on any atom is -0.382 e. The van der Waals surface area contributed by atoms with E-state index in [2.05, 4.69) is 35.7 Å². The van der Waals surface area contributed by atoms with E-state index in [9.17, 15) is 0 Å². The maximum Gasteiger partial charge on any atom is 0.103 e. The summed E-state index contributed by atoms with van der Waals surface area (Å²) in [5, 5.41) is 3.21. The van der Waals surface area contributed by atoms with Crippen LogP contribution >= 0.6 is 0 Å². The zero-order valence-electron chi connectivity index (χ0n) is 7.81. The van der Waals surface area contributed by atoms with Crippen LogP contribution < -0.4 is 5.32 Å². The van der Waals surface area contributed by atoms with Gasteiger partial charge in [-0.1, -0.05) is 6.58 Å². The molecule has 1 aromatic heterocycles. The fraction of sp³-hybridized carbons (Fsp3) is 0.444. The van der Waals surface area contributed by atoms with Gasteiger partial charge < -0.3 is 10.3 Å². The molecule has 0 spiro atoms. The van der Waals surface area contributed by atoms with Crippen molar-refractivity contribution in [3.8, 4) is 0 Å². The standard InChI is InChI=1S/C9H15N3/c1-6(2)11-7(3)9-5-10-8(4)12-9/h5-6,11H,3H2,1-2,4H3,(H,10,12). The first-order valence-corrected chi connectivity index (χ1v) is 4.07. The predicted octanol–water partition coefficient (Wildman–Crippen LogP) is 1.69. The molecule has 0 amide bonds. The number of hydrogen-bond donors (Lipinski definition) is 2. The van der Waals surface area contributed by atoms with Gasteiger partial charge in [0.2, 0.25) is 0 Å². The summed E-state index contributed by atoms with van der Waals surface area (Å²) in [6.45, 7) is 9.97. The smallest absolute Gasteiger partial charge is 0.103 e. The Balaban J connectivity index is 2.65. The van der Waals surface area contributed by atoms with Gasteiger partial charge in [0.1, 0.15) is 5.82 Å². The van der Waals surface area contributed by atoms with Gasteiger partial charge in [-0.15, -0.1) is 0 Å². The zero-order valence-corrected chi connectivity index (χ0v) is 7.81. The van der Waals surface area contributed by atoms with Crippen LogP contribution in [0, 0.1) is 6.92 Å². The Labute approximate surface area is 72.9 Å². The van der Waals surface area contributed by atoms with Crippen molar-refractivity contribution >= 4 is 5.70 Å². The molecule has 0 aliphatic heterocycles. The Hall–Kier alpha value is -1.25. The van der Waals surface area contributed by atoms with Crippen LogP contribution in [-0.2, 0) is 0 Å². The minimum absolute atomic E-state index is 0.404. The fourth-order valence-electron chi connectivity index (χ4n) is 1.00. The van der Waals surface area contributed by atoms with Crippen LogP contribution in [0.25, 0.3) is 5.70 Å². The predicted molar refractivity (Wildman–Crippen MR) is 50.6 cm³/mol. The third-order valence-corrected chi connectivity index (χ3v) is 1.49. The van der Waals surface area contributed by atoms with Crippen molar-refractivity contribution < 1.29 is 0 Å². The van der Waals surface area contributed by atoms with E-state index in [1.54, 1.807) is 6.20 Å². The molecule has 0 aliphatic carbocycles. The van der Waals surface area contributed by atoms with Crippen LogP contribution in [0.3, 0.4) is 0 Å². The van der Waals surface area contributed by atoms with Gasteiger partial charge in [-0.2, -0.15) is 0 Å². The second-order valence-corrected chi connectivity index (χ2v) is 3.16. The van der Waals surface area contributed by atoms with E-state index in [1.807, 2.05) is 6.92 Å². The summed E-state index contributed by atoms with van der Waals surface area (Å²) in [4.78, 5) is 7.20. The van der Waals surface area contributed by atoms with Gasteiger partial charge in [0, 0.05) is 6.04 Å². The molecule has 3 heteroatoms. The first-order chi connectivity index (χ1) is 5.59. The van der Waals surface area contributed by atoms with Crippen LogP contribution in [0.5, 0.6) is 0 Å². The van der Waals surface area contributed by atoms with Crippen LogP contribution in [0.4, 0.5) is 0 Å². The van der Waals surface area contributed by atoms with Crippen molar-refractivity contribution in [2.24, 2.45) is 0 Å². The third-order valence-electron chi connectivity index (χ3n) is 1.49. The second-order valence-electron chi connectivity index (χ2n) is 3.16. The summed E-state index contributed by atoms with van der Waals surface area (Å²) < 4.78 is 0. The molecule has 0 atom stereocenters. The molecular weight excluding hydrogens is 150 g/mol. The Bertz CT molecular complexity index is 273. The maximum absolute atomic E-state index is 4.09. The lowest BCUT2D eigenvalue weighted by Gasteiger charge is -2.10. The summed E-state index contributed by atoms with van der Waals surface area (Å²) in [6.07, 6.45) is 1.78. The molecule has 1 heterocycles. The highest BCUT2D eigenvalue weighted by Crippen LogP contribution is 2.06. The molecule has 0 aliphatic rings. The number of nitrogens with one attached hydrogen (secondary N) is 2. The number of rotatable bonds is 3. The van der Waals surface area contributed by atoms with Crippen molar-refractivity contribution in [1.29, 1.82) is 0 Å². The normalized spacial score (nSPS) is 10.3. The topological polar surface area (TPSA) is 40.7 Å². The number of H-pyrrole nitrogens is 1. The highest BCUT2D eigenvalue weighted by molar-refractivity contribution is 5.57. The summed E-state index contributed by atoms with van der Waals surface area (Å²) >= 11 is 0. The number of aromatic amines is 1. The first kappa shape index (κ1) is 8.84. The third kappa shape index (κ3) is 2.12. The van der Waals surface area contributed by atoms with E-state index in [-0.39, 0.29) is 0 Å². The number of nitrogens with zero attached hydrogens (tertiary/aromatic N) is 1. The number of aryl methyl sites for hydroxylation is 1. The molecule has 0 bridgehead atoms. The minimum atomic E-state index is 0.404. The van der Waals surface area contributed by atoms with Crippen LogP contribution in [-0.4, -0.2) is 16.0 Å². The van der Waals surface area contributed by atoms with Crippen LogP contribution in [0.2, 0.25) is 0 Å². The van der Waals surface area contributed by atoms with Gasteiger partial charge in [0.15, 0.2) is 0 Å². The highest BCUT2D eigenvalue weighted by Gasteiger charge is 2.01. The van der Waals surface area contributed by atoms with Crippen molar-refractivity contribution in [3.05, 3.63) is 24.3 Å². The van der Waals surface area contributed by atoms with E-state index in [0.717, 1.165) is 17.2 Å². The van der Waals surface area contributed by atoms with Crippen molar-refractivity contribution in [1.82, 2.24) is 15.3 Å². The van der Waals surface area contributed by atoms with Gasteiger partial charge in [-0.05, 0) is 20.8 Å². The largest absolute Gasteiger partial charge is 0.382 e.